The Morgan fingerprint density at radius 2 is 2.15 bits per heavy atom. The molecule has 0 amide bonds. The number of rotatable bonds is 3. The maximum Gasteiger partial charge on any atom is 0.260 e. The number of aromatic nitrogens is 2. The van der Waals surface area contributed by atoms with Crippen molar-refractivity contribution in [1.82, 2.24) is 9.97 Å². The van der Waals surface area contributed by atoms with Gasteiger partial charge in [-0.05, 0) is 24.8 Å². The van der Waals surface area contributed by atoms with Crippen LogP contribution in [0.2, 0.25) is 0 Å². The zero-order chi connectivity index (χ0) is 14.1. The van der Waals surface area contributed by atoms with Gasteiger partial charge >= 0.3 is 0 Å². The van der Waals surface area contributed by atoms with E-state index in [0.717, 1.165) is 21.5 Å². The van der Waals surface area contributed by atoms with Crippen molar-refractivity contribution in [2.75, 3.05) is 0 Å². The first-order valence-corrected chi connectivity index (χ1v) is 6.79. The molecule has 3 aromatic rings. The van der Waals surface area contributed by atoms with Crippen LogP contribution in [-0.4, -0.2) is 15.8 Å². The number of hydrogen-bond donors (Lipinski definition) is 2. The molecule has 2 aromatic heterocycles. The van der Waals surface area contributed by atoms with Gasteiger partial charge in [0.1, 0.15) is 12.1 Å². The highest BCUT2D eigenvalue weighted by Crippen LogP contribution is 2.34. The molecule has 0 fully saturated rings. The molecule has 0 aliphatic rings. The zero-order valence-corrected chi connectivity index (χ0v) is 11.6. The van der Waals surface area contributed by atoms with E-state index in [9.17, 15) is 0 Å². The minimum atomic E-state index is -0.0194. The number of pyridine rings is 1. The summed E-state index contributed by atoms with van der Waals surface area (Å²) >= 11 is 1.35. The summed E-state index contributed by atoms with van der Waals surface area (Å²) in [4.78, 5) is 9.44. The van der Waals surface area contributed by atoms with E-state index in [0.29, 0.717) is 10.8 Å². The second-order valence-electron chi connectivity index (χ2n) is 4.29. The number of amidine groups is 1. The molecule has 0 atom stereocenters. The monoisotopic (exact) mass is 284 g/mol. The number of hydrogen-bond acceptors (Lipinski definition) is 5. The number of nitrogen functional groups attached to an aromatic ring is 1. The molecule has 0 saturated heterocycles. The number of aryl methyl sites for hydroxylation is 1. The summed E-state index contributed by atoms with van der Waals surface area (Å²) in [5.74, 6) is -0.0194. The van der Waals surface area contributed by atoms with Gasteiger partial charge in [-0.25, -0.2) is 4.98 Å². The van der Waals surface area contributed by atoms with Crippen LogP contribution in [0.4, 0.5) is 0 Å². The van der Waals surface area contributed by atoms with E-state index >= 15 is 0 Å². The Hall–Kier alpha value is -2.34. The molecule has 0 aliphatic carbocycles. The lowest BCUT2D eigenvalue weighted by molar-refractivity contribution is 0.454. The topological polar surface area (TPSA) is 88.8 Å². The van der Waals surface area contributed by atoms with Crippen LogP contribution in [0.3, 0.4) is 0 Å². The third-order valence-corrected chi connectivity index (χ3v) is 3.81. The molecular weight excluding hydrogens is 272 g/mol. The highest BCUT2D eigenvalue weighted by atomic mass is 32.2. The summed E-state index contributed by atoms with van der Waals surface area (Å²) in [6.45, 7) is 1.87. The van der Waals surface area contributed by atoms with Crippen molar-refractivity contribution in [3.05, 3.63) is 48.0 Å². The summed E-state index contributed by atoms with van der Waals surface area (Å²) in [6, 6.07) is 7.72. The third kappa shape index (κ3) is 2.25. The highest BCUT2D eigenvalue weighted by molar-refractivity contribution is 7.99. The Morgan fingerprint density at radius 1 is 1.35 bits per heavy atom. The SMILES string of the molecule is Cc1coc(Sc2c(C(=N)N)cnc3ccccc23)n1. The number of nitrogens with zero attached hydrogens (tertiary/aromatic N) is 2. The highest BCUT2D eigenvalue weighted by Gasteiger charge is 2.14. The summed E-state index contributed by atoms with van der Waals surface area (Å²) in [5, 5.41) is 9.16. The van der Waals surface area contributed by atoms with Crippen LogP contribution in [0.5, 0.6) is 0 Å². The molecule has 0 spiro atoms. The van der Waals surface area contributed by atoms with Gasteiger partial charge in [-0.2, -0.15) is 0 Å². The fourth-order valence-electron chi connectivity index (χ4n) is 1.88. The molecule has 3 N–H and O–H groups in total. The van der Waals surface area contributed by atoms with Gasteiger partial charge in [0.05, 0.1) is 11.2 Å². The van der Waals surface area contributed by atoms with Gasteiger partial charge in [0.2, 0.25) is 0 Å². The van der Waals surface area contributed by atoms with Crippen molar-refractivity contribution >= 4 is 28.5 Å². The molecule has 6 heteroatoms. The molecule has 20 heavy (non-hydrogen) atoms. The van der Waals surface area contributed by atoms with Crippen molar-refractivity contribution in [1.29, 1.82) is 5.41 Å². The minimum absolute atomic E-state index is 0.0194. The molecule has 0 bridgehead atoms. The van der Waals surface area contributed by atoms with Crippen LogP contribution < -0.4 is 5.73 Å². The van der Waals surface area contributed by atoms with Gasteiger partial charge in [0, 0.05) is 22.0 Å². The first kappa shape index (κ1) is 12.7. The largest absolute Gasteiger partial charge is 0.439 e. The van der Waals surface area contributed by atoms with Gasteiger partial charge < -0.3 is 10.2 Å². The van der Waals surface area contributed by atoms with Crippen molar-refractivity contribution in [3.63, 3.8) is 0 Å². The smallest absolute Gasteiger partial charge is 0.260 e. The molecule has 0 saturated carbocycles. The van der Waals surface area contributed by atoms with E-state index in [4.69, 9.17) is 15.6 Å². The summed E-state index contributed by atoms with van der Waals surface area (Å²) < 4.78 is 5.37. The van der Waals surface area contributed by atoms with E-state index < -0.39 is 0 Å². The Balaban J connectivity index is 2.19. The molecule has 5 nitrogen and oxygen atoms in total. The second kappa shape index (κ2) is 4.97. The Morgan fingerprint density at radius 3 is 2.85 bits per heavy atom. The Bertz CT molecular complexity index is 797. The van der Waals surface area contributed by atoms with E-state index in [1.165, 1.54) is 11.8 Å². The van der Waals surface area contributed by atoms with E-state index in [-0.39, 0.29) is 5.84 Å². The number of nitrogens with one attached hydrogen (secondary N) is 1. The molecule has 0 unspecified atom stereocenters. The predicted molar refractivity (Wildman–Crippen MR) is 78.1 cm³/mol. The first-order chi connectivity index (χ1) is 9.65. The molecule has 0 aliphatic heterocycles. The molecule has 3 rings (SSSR count). The lowest BCUT2D eigenvalue weighted by Gasteiger charge is -2.09. The maximum absolute atomic E-state index is 7.70. The number of para-hydroxylation sites is 1. The summed E-state index contributed by atoms with van der Waals surface area (Å²) in [7, 11) is 0. The van der Waals surface area contributed by atoms with Crippen LogP contribution in [0.25, 0.3) is 10.9 Å². The lowest BCUT2D eigenvalue weighted by atomic mass is 10.1. The average molecular weight is 284 g/mol. The van der Waals surface area contributed by atoms with Crippen LogP contribution in [0, 0.1) is 12.3 Å². The van der Waals surface area contributed by atoms with Gasteiger partial charge in [0.15, 0.2) is 0 Å². The minimum Gasteiger partial charge on any atom is -0.439 e. The average Bonchev–Trinajstić information content (AvgIpc) is 2.84. The maximum atomic E-state index is 7.70. The number of oxazole rings is 1. The van der Waals surface area contributed by atoms with Crippen LogP contribution in [-0.2, 0) is 0 Å². The first-order valence-electron chi connectivity index (χ1n) is 5.97. The normalized spacial score (nSPS) is 10.8. The van der Waals surface area contributed by atoms with E-state index in [1.54, 1.807) is 12.5 Å². The zero-order valence-electron chi connectivity index (χ0n) is 10.8. The predicted octanol–water partition coefficient (Wildman–Crippen LogP) is 2.97. The Kier molecular flexibility index (Phi) is 3.15. The molecule has 1 aromatic carbocycles. The quantitative estimate of drug-likeness (QED) is 0.570. The Labute approximate surface area is 119 Å². The van der Waals surface area contributed by atoms with Crippen molar-refractivity contribution in [3.8, 4) is 0 Å². The van der Waals surface area contributed by atoms with Gasteiger partial charge in [0.25, 0.3) is 5.22 Å². The summed E-state index contributed by atoms with van der Waals surface area (Å²) in [5.41, 5.74) is 7.90. The van der Waals surface area contributed by atoms with E-state index in [1.807, 2.05) is 31.2 Å². The van der Waals surface area contributed by atoms with Crippen LogP contribution in [0.1, 0.15) is 11.3 Å². The van der Waals surface area contributed by atoms with Gasteiger partial charge in [-0.3, -0.25) is 10.4 Å². The molecular formula is C14H12N4OS. The van der Waals surface area contributed by atoms with Crippen LogP contribution >= 0.6 is 11.8 Å². The van der Waals surface area contributed by atoms with Crippen LogP contribution in [0.15, 0.2) is 51.3 Å². The number of nitrogens with two attached hydrogens (primary N) is 1. The fourth-order valence-corrected chi connectivity index (χ4v) is 2.90. The summed E-state index contributed by atoms with van der Waals surface area (Å²) in [6.07, 6.45) is 3.21. The van der Waals surface area contributed by atoms with Crippen molar-refractivity contribution < 1.29 is 4.42 Å². The fraction of sp³-hybridized carbons (Fsp3) is 0.0714. The number of benzene rings is 1. The van der Waals surface area contributed by atoms with Gasteiger partial charge in [-0.1, -0.05) is 18.2 Å². The third-order valence-electron chi connectivity index (χ3n) is 2.80. The number of fused-ring (bicyclic) bond motifs is 1. The second-order valence-corrected chi connectivity index (χ2v) is 5.25. The van der Waals surface area contributed by atoms with E-state index in [2.05, 4.69) is 9.97 Å². The van der Waals surface area contributed by atoms with Crippen molar-refractivity contribution in [2.24, 2.45) is 5.73 Å². The standard InChI is InChI=1S/C14H12N4OS/c1-8-7-19-14(18-8)20-12-9-4-2-3-5-11(9)17-6-10(12)13(15)16/h2-7H,1H3,(H3,15,16). The van der Waals surface area contributed by atoms with Crippen molar-refractivity contribution in [2.45, 2.75) is 17.0 Å². The molecule has 2 heterocycles. The van der Waals surface area contributed by atoms with Gasteiger partial charge in [-0.15, -0.1) is 0 Å². The lowest BCUT2D eigenvalue weighted by Crippen LogP contribution is -2.13. The molecule has 0 radical (unpaired) electrons. The molecule has 100 valence electrons.